The molecule has 38 heavy (non-hydrogen) atoms. The van der Waals surface area contributed by atoms with Gasteiger partial charge in [0.25, 0.3) is 0 Å². The van der Waals surface area contributed by atoms with Gasteiger partial charge in [0.05, 0.1) is 12.1 Å². The van der Waals surface area contributed by atoms with Crippen LogP contribution in [0.1, 0.15) is 51.4 Å². The zero-order chi connectivity index (χ0) is 29.4. The second-order valence-electron chi connectivity index (χ2n) is 7.88. The summed E-state index contributed by atoms with van der Waals surface area (Å²) in [6, 6.07) is -5.32. The average Bonchev–Trinajstić information content (AvgIpc) is 2.81. The smallest absolute Gasteiger partial charge is 0.303 e. The van der Waals surface area contributed by atoms with Crippen molar-refractivity contribution >= 4 is 90.8 Å². The molecule has 0 aromatic heterocycles. The number of halogens is 2. The fraction of sp³-hybridized carbons (Fsp3) is 0.600. The van der Waals surface area contributed by atoms with E-state index in [9.17, 15) is 38.4 Å². The number of amides is 3. The van der Waals surface area contributed by atoms with E-state index in [0.717, 1.165) is 0 Å². The molecule has 214 valence electrons. The van der Waals surface area contributed by atoms with Crippen molar-refractivity contribution in [3.8, 4) is 0 Å². The fourth-order valence-electron chi connectivity index (χ4n) is 2.90. The van der Waals surface area contributed by atoms with E-state index >= 15 is 0 Å². The van der Waals surface area contributed by atoms with Crippen molar-refractivity contribution in [1.82, 2.24) is 19.5 Å². The van der Waals surface area contributed by atoms with Crippen LogP contribution in [-0.2, 0) is 38.4 Å². The molecule has 0 bridgehead atoms. The van der Waals surface area contributed by atoms with Crippen LogP contribution in [0.5, 0.6) is 0 Å². The number of carbonyl (C=O) groups is 8. The summed E-state index contributed by atoms with van der Waals surface area (Å²) in [7, 11) is 0. The molecule has 0 radical (unpaired) electrons. The number of hydrogen-bond donors (Lipinski definition) is 8. The van der Waals surface area contributed by atoms with Gasteiger partial charge in [0.15, 0.2) is 0 Å². The molecule has 0 spiro atoms. The first kappa shape index (κ1) is 35.4. The highest BCUT2D eigenvalue weighted by Crippen LogP contribution is 2.09. The van der Waals surface area contributed by atoms with E-state index in [2.05, 4.69) is 19.5 Å². The van der Waals surface area contributed by atoms with Crippen molar-refractivity contribution in [1.29, 1.82) is 0 Å². The van der Waals surface area contributed by atoms with Crippen molar-refractivity contribution in [2.75, 3.05) is 0 Å². The largest absolute Gasteiger partial charge is 0.481 e. The van der Waals surface area contributed by atoms with E-state index in [1.807, 2.05) is 0 Å². The van der Waals surface area contributed by atoms with Crippen LogP contribution in [0, 0.1) is 0 Å². The first-order valence-corrected chi connectivity index (χ1v) is 13.2. The predicted molar refractivity (Wildman–Crippen MR) is 143 cm³/mol. The van der Waals surface area contributed by atoms with Gasteiger partial charge in [0.1, 0.15) is 12.1 Å². The molecule has 3 amide bonds. The summed E-state index contributed by atoms with van der Waals surface area (Å²) in [5.74, 6) is -7.84. The molecule has 0 aliphatic rings. The normalized spacial score (nSPS) is 13.7. The Kier molecular flexibility index (Phi) is 17.3. The highest BCUT2D eigenvalue weighted by Gasteiger charge is 2.31. The maximum absolute atomic E-state index is 13.0. The fourth-order valence-corrected chi connectivity index (χ4v) is 3.96. The molecule has 0 aliphatic carbocycles. The second-order valence-corrected chi connectivity index (χ2v) is 9.57. The standard InChI is InChI=1S/C20H28I2N4O12/c21-17(35)9(1-5-13(27)28)23-18(36)10(2-6-14(29)30)24-19(37)11(3-7-15(31)32)25-20(38)12(26-22)4-8-16(33)34/h9-12,26H,1-8H2,(H,23,36)(H,24,37)(H,25,38)(H,27,28)(H,29,30)(H,31,32)(H,33,34). The SMILES string of the molecule is O=C(O)CCC(NC(=O)C(CCC(=O)O)NC(=O)C(CCC(=O)O)NC(=O)C(CCC(=O)O)NI)C(=O)I. The zero-order valence-electron chi connectivity index (χ0n) is 19.8. The van der Waals surface area contributed by atoms with Gasteiger partial charge in [-0.25, -0.2) is 3.53 Å². The average molecular weight is 770 g/mol. The number of hydrogen-bond acceptors (Lipinski definition) is 9. The van der Waals surface area contributed by atoms with Crippen LogP contribution >= 0.6 is 45.5 Å². The van der Waals surface area contributed by atoms with Gasteiger partial charge >= 0.3 is 23.9 Å². The van der Waals surface area contributed by atoms with Crippen molar-refractivity contribution in [2.24, 2.45) is 0 Å². The van der Waals surface area contributed by atoms with Crippen molar-refractivity contribution in [3.05, 3.63) is 0 Å². The topological polar surface area (TPSA) is 266 Å². The van der Waals surface area contributed by atoms with Gasteiger partial charge in [-0.3, -0.25) is 38.4 Å². The van der Waals surface area contributed by atoms with Gasteiger partial charge in [0.2, 0.25) is 21.5 Å². The molecule has 8 N–H and O–H groups in total. The molecule has 0 aliphatic heterocycles. The maximum atomic E-state index is 13.0. The molecule has 0 heterocycles. The molecule has 0 fully saturated rings. The number of nitrogens with one attached hydrogen (secondary N) is 4. The first-order valence-electron chi connectivity index (χ1n) is 11.0. The lowest BCUT2D eigenvalue weighted by atomic mass is 10.1. The Balaban J connectivity index is 5.73. The second kappa shape index (κ2) is 18.6. The van der Waals surface area contributed by atoms with Crippen LogP contribution in [0.3, 0.4) is 0 Å². The van der Waals surface area contributed by atoms with E-state index in [1.54, 1.807) is 22.9 Å². The lowest BCUT2D eigenvalue weighted by molar-refractivity contribution is -0.140. The number of carbonyl (C=O) groups excluding carboxylic acids is 4. The van der Waals surface area contributed by atoms with Crippen LogP contribution in [0.2, 0.25) is 0 Å². The Bertz CT molecular complexity index is 916. The van der Waals surface area contributed by atoms with E-state index in [-0.39, 0.29) is 19.3 Å². The van der Waals surface area contributed by atoms with Crippen LogP contribution < -0.4 is 19.5 Å². The summed E-state index contributed by atoms with van der Waals surface area (Å²) in [5, 5.41) is 42.5. The minimum absolute atomic E-state index is 0.150. The highest BCUT2D eigenvalue weighted by atomic mass is 127. The van der Waals surface area contributed by atoms with Crippen molar-refractivity contribution < 1.29 is 58.8 Å². The summed E-state index contributed by atoms with van der Waals surface area (Å²) in [5.41, 5.74) is 0. The Morgan fingerprint density at radius 2 is 0.763 bits per heavy atom. The molecular formula is C20H28I2N4O12. The molecule has 0 saturated heterocycles. The van der Waals surface area contributed by atoms with Gasteiger partial charge < -0.3 is 36.4 Å². The molecule has 0 saturated carbocycles. The van der Waals surface area contributed by atoms with E-state index in [4.69, 9.17) is 20.4 Å². The van der Waals surface area contributed by atoms with Gasteiger partial charge in [0, 0.05) is 71.1 Å². The molecule has 0 rings (SSSR count). The van der Waals surface area contributed by atoms with Crippen LogP contribution in [0.25, 0.3) is 0 Å². The highest BCUT2D eigenvalue weighted by molar-refractivity contribution is 14.1. The maximum Gasteiger partial charge on any atom is 0.303 e. The van der Waals surface area contributed by atoms with E-state index < -0.39 is 102 Å². The lowest BCUT2D eigenvalue weighted by Gasteiger charge is -2.25. The monoisotopic (exact) mass is 770 g/mol. The minimum Gasteiger partial charge on any atom is -0.481 e. The lowest BCUT2D eigenvalue weighted by Crippen LogP contribution is -2.57. The van der Waals surface area contributed by atoms with Crippen molar-refractivity contribution in [3.63, 3.8) is 0 Å². The number of carboxylic acids is 4. The summed E-state index contributed by atoms with van der Waals surface area (Å²) >= 11 is 2.96. The van der Waals surface area contributed by atoms with E-state index in [0.29, 0.717) is 0 Å². The Morgan fingerprint density at radius 1 is 0.500 bits per heavy atom. The molecule has 16 nitrogen and oxygen atoms in total. The first-order chi connectivity index (χ1) is 17.7. The van der Waals surface area contributed by atoms with Gasteiger partial charge in [-0.05, 0) is 25.7 Å². The van der Waals surface area contributed by atoms with Gasteiger partial charge in [-0.1, -0.05) is 0 Å². The molecule has 18 heteroatoms. The number of carboxylic acid groups (broad SMARTS) is 4. The summed E-state index contributed by atoms with van der Waals surface area (Å²) in [4.78, 5) is 93.9. The molecule has 4 unspecified atom stereocenters. The molecule has 0 aromatic carbocycles. The summed E-state index contributed by atoms with van der Waals surface area (Å²) < 4.78 is 1.95. The van der Waals surface area contributed by atoms with Crippen LogP contribution in [-0.4, -0.2) is 90.0 Å². The Labute approximate surface area is 243 Å². The quantitative estimate of drug-likeness (QED) is 0.0428. The predicted octanol–water partition coefficient (Wildman–Crippen LogP) is -0.830. The van der Waals surface area contributed by atoms with Crippen LogP contribution in [0.4, 0.5) is 0 Å². The Morgan fingerprint density at radius 3 is 1.05 bits per heavy atom. The third-order valence-corrected chi connectivity index (χ3v) is 6.40. The summed E-state index contributed by atoms with van der Waals surface area (Å²) in [6.45, 7) is 0. The molecular weight excluding hydrogens is 742 g/mol. The van der Waals surface area contributed by atoms with Crippen LogP contribution in [0.15, 0.2) is 0 Å². The molecule has 4 atom stereocenters. The third-order valence-electron chi connectivity index (χ3n) is 4.89. The Hall–Kier alpha value is -2.62. The molecule has 0 aromatic rings. The van der Waals surface area contributed by atoms with Gasteiger partial charge in [-0.15, -0.1) is 0 Å². The number of aliphatic carboxylic acids is 4. The zero-order valence-corrected chi connectivity index (χ0v) is 24.1. The number of rotatable bonds is 20. The minimum atomic E-state index is -1.53. The van der Waals surface area contributed by atoms with E-state index in [1.165, 1.54) is 22.6 Å². The summed E-state index contributed by atoms with van der Waals surface area (Å²) in [6.07, 6.45) is -3.26. The van der Waals surface area contributed by atoms with Gasteiger partial charge in [-0.2, -0.15) is 0 Å². The third kappa shape index (κ3) is 15.6. The van der Waals surface area contributed by atoms with Crippen molar-refractivity contribution in [2.45, 2.75) is 75.5 Å².